The highest BCUT2D eigenvalue weighted by Gasteiger charge is 2.34. The topological polar surface area (TPSA) is 69.2 Å². The van der Waals surface area contributed by atoms with Gasteiger partial charge in [-0.1, -0.05) is 24.3 Å². The Morgan fingerprint density at radius 2 is 1.86 bits per heavy atom. The number of ether oxygens (including phenoxy) is 1. The summed E-state index contributed by atoms with van der Waals surface area (Å²) in [4.78, 5) is 20.7. The van der Waals surface area contributed by atoms with Crippen LogP contribution in [0, 0.1) is 0 Å². The first-order valence-electron chi connectivity index (χ1n) is 9.92. The van der Waals surface area contributed by atoms with E-state index in [9.17, 15) is 4.79 Å². The van der Waals surface area contributed by atoms with Gasteiger partial charge in [0.05, 0.1) is 12.6 Å². The molecule has 1 fully saturated rings. The van der Waals surface area contributed by atoms with Crippen LogP contribution in [-0.4, -0.2) is 67.2 Å². The quantitative estimate of drug-likeness (QED) is 0.345. The lowest BCUT2D eigenvalue weighted by Crippen LogP contribution is -2.63. The number of nitrogens with zero attached hydrogens (tertiary/aromatic N) is 3. The lowest BCUT2D eigenvalue weighted by atomic mass is 10.1. The van der Waals surface area contributed by atoms with Gasteiger partial charge in [0.2, 0.25) is 0 Å². The van der Waals surface area contributed by atoms with E-state index in [2.05, 4.69) is 53.9 Å². The lowest BCUT2D eigenvalue weighted by Gasteiger charge is -2.40. The van der Waals surface area contributed by atoms with Gasteiger partial charge in [-0.05, 0) is 52.9 Å². The first kappa shape index (κ1) is 25.5. The van der Waals surface area contributed by atoms with Gasteiger partial charge >= 0.3 is 6.09 Å². The molecule has 1 saturated heterocycles. The van der Waals surface area contributed by atoms with Crippen molar-refractivity contribution in [2.24, 2.45) is 4.99 Å². The molecule has 1 aliphatic rings. The minimum atomic E-state index is -0.466. The molecule has 0 aromatic heterocycles. The third kappa shape index (κ3) is 8.77. The average Bonchev–Trinajstić information content (AvgIpc) is 2.54. The highest BCUT2D eigenvalue weighted by atomic mass is 127. The monoisotopic (exact) mass is 517 g/mol. The van der Waals surface area contributed by atoms with Gasteiger partial charge in [0.1, 0.15) is 5.60 Å². The molecule has 0 aliphatic carbocycles. The van der Waals surface area contributed by atoms with Crippen LogP contribution in [0.1, 0.15) is 38.8 Å². The number of carbonyl (C=O) groups excluding carboxylic acids is 1. The minimum absolute atomic E-state index is 0. The molecule has 164 valence electrons. The molecule has 29 heavy (non-hydrogen) atoms. The predicted octanol–water partition coefficient (Wildman–Crippen LogP) is 3.04. The second-order valence-electron chi connectivity index (χ2n) is 8.43. The normalized spacial score (nSPS) is 14.9. The molecule has 0 bridgehead atoms. The van der Waals surface area contributed by atoms with E-state index in [-0.39, 0.29) is 36.1 Å². The highest BCUT2D eigenvalue weighted by Crippen LogP contribution is 2.15. The van der Waals surface area contributed by atoms with Gasteiger partial charge in [-0.15, -0.1) is 24.0 Å². The Morgan fingerprint density at radius 3 is 2.41 bits per heavy atom. The van der Waals surface area contributed by atoms with Crippen molar-refractivity contribution >= 4 is 36.0 Å². The predicted molar refractivity (Wildman–Crippen MR) is 129 cm³/mol. The summed E-state index contributed by atoms with van der Waals surface area (Å²) in [5, 5.41) is 6.70. The zero-order valence-electron chi connectivity index (χ0n) is 18.5. The maximum Gasteiger partial charge on any atom is 0.410 e. The molecular weight excluding hydrogens is 481 g/mol. The number of hydrogen-bond acceptors (Lipinski definition) is 4. The molecule has 2 rings (SSSR count). The summed E-state index contributed by atoms with van der Waals surface area (Å²) in [7, 11) is 4.14. The largest absolute Gasteiger partial charge is 0.444 e. The van der Waals surface area contributed by atoms with E-state index in [0.717, 1.165) is 19.0 Å². The molecule has 0 radical (unpaired) electrons. The Hall–Kier alpha value is -1.55. The van der Waals surface area contributed by atoms with Gasteiger partial charge in [0.25, 0.3) is 0 Å². The Bertz CT molecular complexity index is 682. The molecule has 0 unspecified atom stereocenters. The molecule has 0 saturated carbocycles. The van der Waals surface area contributed by atoms with E-state index in [1.807, 2.05) is 27.7 Å². The van der Waals surface area contributed by atoms with Crippen molar-refractivity contribution in [1.82, 2.24) is 20.4 Å². The molecule has 0 spiro atoms. The summed E-state index contributed by atoms with van der Waals surface area (Å²) in [6.45, 7) is 11.2. The van der Waals surface area contributed by atoms with Gasteiger partial charge in [0.15, 0.2) is 5.96 Å². The van der Waals surface area contributed by atoms with Crippen molar-refractivity contribution < 1.29 is 9.53 Å². The molecule has 1 aromatic carbocycles. The number of amides is 1. The standard InChI is InChI=1S/C21H35N5O2.HI/c1-7-22-19(23-12-16-10-8-9-11-17(16)13-25(5)6)24-18-14-26(15-18)20(27)28-21(2,3)4;/h8-11,18H,7,12-15H2,1-6H3,(H2,22,23,24);1H. The van der Waals surface area contributed by atoms with E-state index >= 15 is 0 Å². The molecule has 8 heteroatoms. The number of nitrogens with one attached hydrogen (secondary N) is 2. The molecule has 1 heterocycles. The third-order valence-electron chi connectivity index (χ3n) is 4.23. The molecule has 1 amide bonds. The zero-order chi connectivity index (χ0) is 20.7. The number of benzene rings is 1. The Balaban J connectivity index is 0.00000420. The van der Waals surface area contributed by atoms with E-state index in [4.69, 9.17) is 9.73 Å². The second kappa shape index (κ2) is 11.6. The first-order valence-corrected chi connectivity index (χ1v) is 9.92. The summed E-state index contributed by atoms with van der Waals surface area (Å²) in [5.74, 6) is 0.774. The van der Waals surface area contributed by atoms with Crippen LogP contribution in [0.15, 0.2) is 29.3 Å². The van der Waals surface area contributed by atoms with E-state index in [1.54, 1.807) is 4.90 Å². The van der Waals surface area contributed by atoms with Gasteiger partial charge in [-0.2, -0.15) is 0 Å². The number of hydrogen-bond donors (Lipinski definition) is 2. The summed E-state index contributed by atoms with van der Waals surface area (Å²) in [6, 6.07) is 8.57. The number of halogens is 1. The van der Waals surface area contributed by atoms with Crippen molar-refractivity contribution in [3.8, 4) is 0 Å². The van der Waals surface area contributed by atoms with Gasteiger partial charge in [0, 0.05) is 26.2 Å². The van der Waals surface area contributed by atoms with Crippen molar-refractivity contribution in [2.45, 2.75) is 52.4 Å². The fourth-order valence-electron chi connectivity index (χ4n) is 2.93. The number of aliphatic imine (C=N–C) groups is 1. The molecule has 1 aromatic rings. The Morgan fingerprint density at radius 1 is 1.24 bits per heavy atom. The van der Waals surface area contributed by atoms with Crippen LogP contribution in [0.5, 0.6) is 0 Å². The van der Waals surface area contributed by atoms with E-state index in [1.165, 1.54) is 11.1 Å². The first-order chi connectivity index (χ1) is 13.2. The van der Waals surface area contributed by atoms with Crippen LogP contribution >= 0.6 is 24.0 Å². The van der Waals surface area contributed by atoms with Crippen molar-refractivity contribution in [2.75, 3.05) is 33.7 Å². The lowest BCUT2D eigenvalue weighted by molar-refractivity contribution is 0.00701. The smallest absolute Gasteiger partial charge is 0.410 e. The maximum absolute atomic E-state index is 12.1. The summed E-state index contributed by atoms with van der Waals surface area (Å²) in [5.41, 5.74) is 2.04. The number of carbonyl (C=O) groups is 1. The van der Waals surface area contributed by atoms with Crippen LogP contribution in [0.3, 0.4) is 0 Å². The van der Waals surface area contributed by atoms with Crippen LogP contribution in [-0.2, 0) is 17.8 Å². The van der Waals surface area contributed by atoms with Crippen LogP contribution in [0.25, 0.3) is 0 Å². The van der Waals surface area contributed by atoms with Gasteiger partial charge < -0.3 is 25.2 Å². The molecule has 2 N–H and O–H groups in total. The van der Waals surface area contributed by atoms with Crippen molar-refractivity contribution in [3.63, 3.8) is 0 Å². The Labute approximate surface area is 192 Å². The average molecular weight is 517 g/mol. The van der Waals surface area contributed by atoms with E-state index in [0.29, 0.717) is 19.6 Å². The number of likely N-dealkylation sites (tertiary alicyclic amines) is 1. The molecule has 7 nitrogen and oxygen atoms in total. The number of rotatable bonds is 6. The fourth-order valence-corrected chi connectivity index (χ4v) is 2.93. The van der Waals surface area contributed by atoms with Crippen molar-refractivity contribution in [3.05, 3.63) is 35.4 Å². The van der Waals surface area contributed by atoms with Crippen molar-refractivity contribution in [1.29, 1.82) is 0 Å². The fraction of sp³-hybridized carbons (Fsp3) is 0.619. The molecule has 0 atom stereocenters. The summed E-state index contributed by atoms with van der Waals surface area (Å²) >= 11 is 0. The maximum atomic E-state index is 12.1. The van der Waals surface area contributed by atoms with Gasteiger partial charge in [-0.3, -0.25) is 0 Å². The van der Waals surface area contributed by atoms with Crippen LogP contribution in [0.4, 0.5) is 4.79 Å². The SMILES string of the molecule is CCNC(=NCc1ccccc1CN(C)C)NC1CN(C(=O)OC(C)(C)C)C1.I. The van der Waals surface area contributed by atoms with Crippen LogP contribution in [0.2, 0.25) is 0 Å². The van der Waals surface area contributed by atoms with E-state index < -0.39 is 5.60 Å². The van der Waals surface area contributed by atoms with Crippen LogP contribution < -0.4 is 10.6 Å². The second-order valence-corrected chi connectivity index (χ2v) is 8.43. The zero-order valence-corrected chi connectivity index (χ0v) is 20.8. The third-order valence-corrected chi connectivity index (χ3v) is 4.23. The highest BCUT2D eigenvalue weighted by molar-refractivity contribution is 14.0. The minimum Gasteiger partial charge on any atom is -0.444 e. The molecular formula is C21H36IN5O2. The Kier molecular flexibility index (Phi) is 10.2. The molecule has 1 aliphatic heterocycles. The van der Waals surface area contributed by atoms with Gasteiger partial charge in [-0.25, -0.2) is 9.79 Å². The summed E-state index contributed by atoms with van der Waals surface area (Å²) < 4.78 is 5.40. The number of guanidine groups is 1. The summed E-state index contributed by atoms with van der Waals surface area (Å²) in [6.07, 6.45) is -0.259.